The summed E-state index contributed by atoms with van der Waals surface area (Å²) in [6.45, 7) is 14.7. The summed E-state index contributed by atoms with van der Waals surface area (Å²) in [7, 11) is 0. The van der Waals surface area contributed by atoms with Crippen LogP contribution in [0.1, 0.15) is 65.2 Å². The van der Waals surface area contributed by atoms with Crippen LogP contribution in [0.5, 0.6) is 0 Å². The topological polar surface area (TPSA) is 88.9 Å². The van der Waals surface area contributed by atoms with E-state index in [2.05, 4.69) is 33.0 Å². The normalized spacial score (nSPS) is 12.0. The molecule has 2 amide bonds. The molecule has 0 saturated heterocycles. The number of aryl methyl sites for hydroxylation is 4. The largest absolute Gasteiger partial charge is 0.342 e. The Bertz CT molecular complexity index is 1200. The highest BCUT2D eigenvalue weighted by Gasteiger charge is 2.26. The number of aromatic nitrogens is 3. The molecule has 2 N–H and O–H groups in total. The molecule has 0 aliphatic heterocycles. The van der Waals surface area contributed by atoms with Crippen molar-refractivity contribution in [3.05, 3.63) is 70.0 Å². The highest BCUT2D eigenvalue weighted by molar-refractivity contribution is 7.99. The van der Waals surface area contributed by atoms with E-state index in [1.165, 1.54) is 17.3 Å². The summed E-state index contributed by atoms with van der Waals surface area (Å²) in [5, 5.41) is 15.6. The molecule has 186 valence electrons. The lowest BCUT2D eigenvalue weighted by Gasteiger charge is -2.22. The molecule has 0 fully saturated rings. The predicted molar refractivity (Wildman–Crippen MR) is 142 cm³/mol. The third-order valence-electron chi connectivity index (χ3n) is 5.85. The molecule has 0 saturated carbocycles. The van der Waals surface area contributed by atoms with Crippen LogP contribution in [-0.4, -0.2) is 32.3 Å². The van der Waals surface area contributed by atoms with Crippen molar-refractivity contribution in [2.75, 3.05) is 11.1 Å². The summed E-state index contributed by atoms with van der Waals surface area (Å²) in [4.78, 5) is 25.6. The lowest BCUT2D eigenvalue weighted by atomic mass is 10.0. The molecule has 8 heteroatoms. The Morgan fingerprint density at radius 3 is 2.29 bits per heavy atom. The van der Waals surface area contributed by atoms with Gasteiger partial charge in [-0.2, -0.15) is 0 Å². The molecule has 2 aromatic carbocycles. The molecule has 0 spiro atoms. The number of carbonyl (C=O) groups excluding carboxylic acids is 2. The van der Waals surface area contributed by atoms with Gasteiger partial charge in [0.05, 0.1) is 11.8 Å². The molecule has 0 radical (unpaired) electrons. The molecule has 1 aromatic heterocycles. The van der Waals surface area contributed by atoms with Crippen LogP contribution in [0.2, 0.25) is 0 Å². The fourth-order valence-corrected chi connectivity index (χ4v) is 4.97. The number of carbonyl (C=O) groups is 2. The van der Waals surface area contributed by atoms with E-state index >= 15 is 0 Å². The average Bonchev–Trinajstić information content (AvgIpc) is 3.20. The van der Waals surface area contributed by atoms with E-state index in [1.54, 1.807) is 0 Å². The first-order valence-electron chi connectivity index (χ1n) is 11.9. The number of hydrogen-bond acceptors (Lipinski definition) is 5. The Balaban J connectivity index is 1.73. The standard InChI is InChI=1S/C27H35N5O2S/c1-8-32-25(23(16(2)3)29-26(34)21-11-9-10-17(4)14-21)30-31-27(32)35-15-22(33)28-24-19(6)12-18(5)13-20(24)7/h9-14,16,23H,8,15H2,1-7H3,(H,28,33)(H,29,34). The number of hydrogen-bond donors (Lipinski definition) is 2. The van der Waals surface area contributed by atoms with Gasteiger partial charge in [0.2, 0.25) is 5.91 Å². The number of benzene rings is 2. The molecular formula is C27H35N5O2S. The van der Waals surface area contributed by atoms with Crippen molar-refractivity contribution < 1.29 is 9.59 Å². The van der Waals surface area contributed by atoms with Crippen LogP contribution in [0.3, 0.4) is 0 Å². The summed E-state index contributed by atoms with van der Waals surface area (Å²) in [5.74, 6) is 0.775. The maximum Gasteiger partial charge on any atom is 0.251 e. The summed E-state index contributed by atoms with van der Waals surface area (Å²) < 4.78 is 1.97. The second kappa shape index (κ2) is 11.5. The Kier molecular flexibility index (Phi) is 8.72. The first-order valence-corrected chi connectivity index (χ1v) is 12.9. The summed E-state index contributed by atoms with van der Waals surface area (Å²) in [6, 6.07) is 11.3. The van der Waals surface area contributed by atoms with E-state index in [0.717, 1.165) is 22.4 Å². The number of rotatable bonds is 9. The van der Waals surface area contributed by atoms with Gasteiger partial charge in [-0.25, -0.2) is 0 Å². The molecule has 0 bridgehead atoms. The van der Waals surface area contributed by atoms with Crippen LogP contribution in [-0.2, 0) is 11.3 Å². The molecule has 3 aromatic rings. The molecule has 0 aliphatic rings. The molecule has 35 heavy (non-hydrogen) atoms. The minimum Gasteiger partial charge on any atom is -0.342 e. The van der Waals surface area contributed by atoms with Gasteiger partial charge < -0.3 is 15.2 Å². The average molecular weight is 494 g/mol. The minimum atomic E-state index is -0.309. The number of nitrogens with one attached hydrogen (secondary N) is 2. The van der Waals surface area contributed by atoms with Crippen molar-refractivity contribution >= 4 is 29.3 Å². The van der Waals surface area contributed by atoms with Crippen molar-refractivity contribution in [1.82, 2.24) is 20.1 Å². The van der Waals surface area contributed by atoms with Crippen molar-refractivity contribution in [3.8, 4) is 0 Å². The van der Waals surface area contributed by atoms with Gasteiger partial charge in [-0.3, -0.25) is 9.59 Å². The Morgan fingerprint density at radius 2 is 1.69 bits per heavy atom. The quantitative estimate of drug-likeness (QED) is 0.390. The van der Waals surface area contributed by atoms with E-state index in [0.29, 0.717) is 23.1 Å². The number of amides is 2. The minimum absolute atomic E-state index is 0.0922. The van der Waals surface area contributed by atoms with Crippen LogP contribution in [0, 0.1) is 33.6 Å². The Labute approximate surface area is 212 Å². The van der Waals surface area contributed by atoms with Gasteiger partial charge in [0.25, 0.3) is 5.91 Å². The van der Waals surface area contributed by atoms with Gasteiger partial charge in [-0.15, -0.1) is 10.2 Å². The van der Waals surface area contributed by atoms with Crippen LogP contribution >= 0.6 is 11.8 Å². The fourth-order valence-electron chi connectivity index (χ4n) is 4.16. The molecule has 1 atom stereocenters. The molecule has 1 heterocycles. The van der Waals surface area contributed by atoms with Gasteiger partial charge in [0.1, 0.15) is 0 Å². The second-order valence-electron chi connectivity index (χ2n) is 9.26. The third kappa shape index (κ3) is 6.51. The van der Waals surface area contributed by atoms with Crippen LogP contribution in [0.4, 0.5) is 5.69 Å². The summed E-state index contributed by atoms with van der Waals surface area (Å²) in [5.41, 5.74) is 5.77. The van der Waals surface area contributed by atoms with Crippen LogP contribution in [0.15, 0.2) is 41.6 Å². The number of thioether (sulfide) groups is 1. The monoisotopic (exact) mass is 493 g/mol. The van der Waals surface area contributed by atoms with E-state index < -0.39 is 0 Å². The maximum atomic E-state index is 12.9. The predicted octanol–water partition coefficient (Wildman–Crippen LogP) is 5.39. The summed E-state index contributed by atoms with van der Waals surface area (Å²) >= 11 is 1.35. The smallest absolute Gasteiger partial charge is 0.251 e. The van der Waals surface area contributed by atoms with Crippen molar-refractivity contribution in [2.24, 2.45) is 5.92 Å². The zero-order valence-electron chi connectivity index (χ0n) is 21.6. The van der Waals surface area contributed by atoms with Gasteiger partial charge >= 0.3 is 0 Å². The number of anilines is 1. The van der Waals surface area contributed by atoms with Crippen molar-refractivity contribution in [3.63, 3.8) is 0 Å². The zero-order valence-corrected chi connectivity index (χ0v) is 22.4. The van der Waals surface area contributed by atoms with E-state index in [-0.39, 0.29) is 29.5 Å². The van der Waals surface area contributed by atoms with Crippen LogP contribution in [0.25, 0.3) is 0 Å². The molecule has 1 unspecified atom stereocenters. The lowest BCUT2D eigenvalue weighted by Crippen LogP contribution is -2.33. The molecular weight excluding hydrogens is 458 g/mol. The maximum absolute atomic E-state index is 12.9. The van der Waals surface area contributed by atoms with Gasteiger partial charge in [0, 0.05) is 17.8 Å². The van der Waals surface area contributed by atoms with Crippen molar-refractivity contribution in [1.29, 1.82) is 0 Å². The SMILES string of the molecule is CCn1c(SCC(=O)Nc2c(C)cc(C)cc2C)nnc1C(NC(=O)c1cccc(C)c1)C(C)C. The first-order chi connectivity index (χ1) is 16.6. The first kappa shape index (κ1) is 26.5. The molecule has 3 rings (SSSR count). The van der Waals surface area contributed by atoms with Gasteiger partial charge in [-0.05, 0) is 63.8 Å². The Hall–Kier alpha value is -3.13. The molecule has 7 nitrogen and oxygen atoms in total. The van der Waals surface area contributed by atoms with E-state index in [1.807, 2.05) is 77.3 Å². The molecule has 0 aliphatic carbocycles. The fraction of sp³-hybridized carbons (Fsp3) is 0.407. The lowest BCUT2D eigenvalue weighted by molar-refractivity contribution is -0.113. The van der Waals surface area contributed by atoms with Crippen LogP contribution < -0.4 is 10.6 Å². The third-order valence-corrected chi connectivity index (χ3v) is 6.81. The summed E-state index contributed by atoms with van der Waals surface area (Å²) in [6.07, 6.45) is 0. The van der Waals surface area contributed by atoms with Crippen molar-refractivity contribution in [2.45, 2.75) is 66.2 Å². The van der Waals surface area contributed by atoms with E-state index in [4.69, 9.17) is 0 Å². The second-order valence-corrected chi connectivity index (χ2v) is 10.2. The zero-order chi connectivity index (χ0) is 25.7. The number of nitrogens with zero attached hydrogens (tertiary/aromatic N) is 3. The highest BCUT2D eigenvalue weighted by atomic mass is 32.2. The van der Waals surface area contributed by atoms with Gasteiger partial charge in [-0.1, -0.05) is 61.0 Å². The highest BCUT2D eigenvalue weighted by Crippen LogP contribution is 2.27. The van der Waals surface area contributed by atoms with Gasteiger partial charge in [0.15, 0.2) is 11.0 Å². The van der Waals surface area contributed by atoms with E-state index in [9.17, 15) is 9.59 Å². The Morgan fingerprint density at radius 1 is 1.00 bits per heavy atom.